The van der Waals surface area contributed by atoms with Crippen molar-refractivity contribution in [1.82, 2.24) is 9.97 Å². The van der Waals surface area contributed by atoms with Crippen molar-refractivity contribution in [3.05, 3.63) is 23.8 Å². The zero-order valence-electron chi connectivity index (χ0n) is 7.56. The van der Waals surface area contributed by atoms with Gasteiger partial charge >= 0.3 is 0 Å². The van der Waals surface area contributed by atoms with E-state index in [4.69, 9.17) is 9.47 Å². The first-order valence-electron chi connectivity index (χ1n) is 4.34. The summed E-state index contributed by atoms with van der Waals surface area (Å²) >= 11 is 0. The largest absolute Gasteiger partial charge is 0.376 e. The molecule has 0 bridgehead atoms. The molecule has 0 aromatic carbocycles. The fraction of sp³-hybridized carbons (Fsp3) is 0.556. The number of hydrogen-bond acceptors (Lipinski definition) is 4. The molecule has 0 N–H and O–H groups in total. The third kappa shape index (κ3) is 2.02. The molecule has 1 aromatic rings. The van der Waals surface area contributed by atoms with E-state index in [0.29, 0.717) is 19.8 Å². The first kappa shape index (κ1) is 8.59. The fourth-order valence-electron chi connectivity index (χ4n) is 1.31. The van der Waals surface area contributed by atoms with Crippen molar-refractivity contribution in [2.24, 2.45) is 0 Å². The SMILES string of the molecule is Cc1cc([C@H]2COCCO2)ncn1. The maximum atomic E-state index is 5.50. The maximum absolute atomic E-state index is 5.50. The lowest BCUT2D eigenvalue weighted by Crippen LogP contribution is -2.22. The van der Waals surface area contributed by atoms with Gasteiger partial charge in [-0.1, -0.05) is 0 Å². The minimum absolute atomic E-state index is 0.0181. The van der Waals surface area contributed by atoms with Crippen LogP contribution in [0.5, 0.6) is 0 Å². The first-order chi connectivity index (χ1) is 6.36. The number of nitrogens with zero attached hydrogens (tertiary/aromatic N) is 2. The smallest absolute Gasteiger partial charge is 0.123 e. The number of ether oxygens (including phenoxy) is 2. The van der Waals surface area contributed by atoms with Gasteiger partial charge in [0.2, 0.25) is 0 Å². The summed E-state index contributed by atoms with van der Waals surface area (Å²) in [5.41, 5.74) is 1.87. The zero-order chi connectivity index (χ0) is 9.10. The van der Waals surface area contributed by atoms with E-state index < -0.39 is 0 Å². The molecule has 0 saturated carbocycles. The van der Waals surface area contributed by atoms with Crippen molar-refractivity contribution in [3.8, 4) is 0 Å². The second-order valence-corrected chi connectivity index (χ2v) is 3.02. The Labute approximate surface area is 76.9 Å². The molecule has 1 aliphatic rings. The molecule has 1 aliphatic heterocycles. The van der Waals surface area contributed by atoms with E-state index in [1.54, 1.807) is 6.33 Å². The Bertz CT molecular complexity index is 285. The zero-order valence-corrected chi connectivity index (χ0v) is 7.56. The highest BCUT2D eigenvalue weighted by Crippen LogP contribution is 2.18. The van der Waals surface area contributed by atoms with Crippen molar-refractivity contribution in [2.75, 3.05) is 19.8 Å². The van der Waals surface area contributed by atoms with Crippen molar-refractivity contribution < 1.29 is 9.47 Å². The monoisotopic (exact) mass is 180 g/mol. The molecule has 2 rings (SSSR count). The predicted octanol–water partition coefficient (Wildman–Crippen LogP) is 0.873. The van der Waals surface area contributed by atoms with Crippen LogP contribution in [0.25, 0.3) is 0 Å². The van der Waals surface area contributed by atoms with Gasteiger partial charge in [-0.2, -0.15) is 0 Å². The average molecular weight is 180 g/mol. The lowest BCUT2D eigenvalue weighted by atomic mass is 10.2. The Morgan fingerprint density at radius 1 is 1.38 bits per heavy atom. The fourth-order valence-corrected chi connectivity index (χ4v) is 1.31. The van der Waals surface area contributed by atoms with Crippen LogP contribution in [0.4, 0.5) is 0 Å². The lowest BCUT2D eigenvalue weighted by Gasteiger charge is -2.22. The van der Waals surface area contributed by atoms with Gasteiger partial charge in [0, 0.05) is 5.69 Å². The van der Waals surface area contributed by atoms with Gasteiger partial charge in [-0.25, -0.2) is 9.97 Å². The summed E-state index contributed by atoms with van der Waals surface area (Å²) in [6, 6.07) is 1.93. The summed E-state index contributed by atoms with van der Waals surface area (Å²) in [5, 5.41) is 0. The quantitative estimate of drug-likeness (QED) is 0.643. The van der Waals surface area contributed by atoms with Crippen LogP contribution in [-0.2, 0) is 9.47 Å². The van der Waals surface area contributed by atoms with Crippen molar-refractivity contribution in [1.29, 1.82) is 0 Å². The highest BCUT2D eigenvalue weighted by molar-refractivity contribution is 5.09. The molecule has 0 radical (unpaired) electrons. The highest BCUT2D eigenvalue weighted by Gasteiger charge is 2.17. The number of aromatic nitrogens is 2. The Hall–Kier alpha value is -1.00. The van der Waals surface area contributed by atoms with E-state index >= 15 is 0 Å². The van der Waals surface area contributed by atoms with Gasteiger partial charge in [0.1, 0.15) is 12.4 Å². The van der Waals surface area contributed by atoms with E-state index in [2.05, 4.69) is 9.97 Å². The van der Waals surface area contributed by atoms with Gasteiger partial charge in [-0.3, -0.25) is 0 Å². The van der Waals surface area contributed by atoms with Crippen molar-refractivity contribution in [2.45, 2.75) is 13.0 Å². The van der Waals surface area contributed by atoms with E-state index in [1.165, 1.54) is 0 Å². The van der Waals surface area contributed by atoms with Crippen LogP contribution in [-0.4, -0.2) is 29.8 Å². The van der Waals surface area contributed by atoms with Crippen LogP contribution >= 0.6 is 0 Å². The summed E-state index contributed by atoms with van der Waals surface area (Å²) in [6.45, 7) is 3.86. The molecule has 0 unspecified atom stereocenters. The molecule has 13 heavy (non-hydrogen) atoms. The Kier molecular flexibility index (Phi) is 2.52. The Morgan fingerprint density at radius 2 is 2.31 bits per heavy atom. The number of rotatable bonds is 1. The Balaban J connectivity index is 2.14. The molecule has 0 spiro atoms. The third-order valence-corrected chi connectivity index (χ3v) is 1.97. The average Bonchev–Trinajstić information content (AvgIpc) is 2.19. The van der Waals surface area contributed by atoms with Crippen LogP contribution in [0.1, 0.15) is 17.5 Å². The lowest BCUT2D eigenvalue weighted by molar-refractivity contribution is -0.0918. The molecule has 1 aromatic heterocycles. The van der Waals surface area contributed by atoms with Crippen LogP contribution in [0.2, 0.25) is 0 Å². The van der Waals surface area contributed by atoms with Gasteiger partial charge in [-0.05, 0) is 13.0 Å². The van der Waals surface area contributed by atoms with Gasteiger partial charge < -0.3 is 9.47 Å². The Morgan fingerprint density at radius 3 is 3.00 bits per heavy atom. The molecule has 2 heterocycles. The number of hydrogen-bond donors (Lipinski definition) is 0. The highest BCUT2D eigenvalue weighted by atomic mass is 16.6. The van der Waals surface area contributed by atoms with E-state index in [-0.39, 0.29) is 6.10 Å². The summed E-state index contributed by atoms with van der Waals surface area (Å²) in [4.78, 5) is 8.17. The molecule has 1 fully saturated rings. The molecular weight excluding hydrogens is 168 g/mol. The normalized spacial score (nSPS) is 23.0. The van der Waals surface area contributed by atoms with Crippen LogP contribution < -0.4 is 0 Å². The van der Waals surface area contributed by atoms with Crippen molar-refractivity contribution >= 4 is 0 Å². The van der Waals surface area contributed by atoms with Gasteiger partial charge in [0.15, 0.2) is 0 Å². The molecule has 0 aliphatic carbocycles. The molecule has 70 valence electrons. The summed E-state index contributed by atoms with van der Waals surface area (Å²) in [7, 11) is 0. The third-order valence-electron chi connectivity index (χ3n) is 1.97. The summed E-state index contributed by atoms with van der Waals surface area (Å²) in [6.07, 6.45) is 1.54. The second-order valence-electron chi connectivity index (χ2n) is 3.02. The van der Waals surface area contributed by atoms with Crippen molar-refractivity contribution in [3.63, 3.8) is 0 Å². The molecule has 1 atom stereocenters. The van der Waals surface area contributed by atoms with E-state index in [0.717, 1.165) is 11.4 Å². The second kappa shape index (κ2) is 3.81. The molecule has 4 nitrogen and oxygen atoms in total. The maximum Gasteiger partial charge on any atom is 0.123 e. The minimum Gasteiger partial charge on any atom is -0.376 e. The molecule has 0 amide bonds. The van der Waals surface area contributed by atoms with Gasteiger partial charge in [-0.15, -0.1) is 0 Å². The molecule has 1 saturated heterocycles. The van der Waals surface area contributed by atoms with Gasteiger partial charge in [0.05, 0.1) is 25.5 Å². The van der Waals surface area contributed by atoms with Crippen LogP contribution in [0.3, 0.4) is 0 Å². The molecule has 4 heteroatoms. The topological polar surface area (TPSA) is 44.2 Å². The van der Waals surface area contributed by atoms with Crippen LogP contribution in [0, 0.1) is 6.92 Å². The predicted molar refractivity (Wildman–Crippen MR) is 46.3 cm³/mol. The summed E-state index contributed by atoms with van der Waals surface area (Å²) in [5.74, 6) is 0. The first-order valence-corrected chi connectivity index (χ1v) is 4.34. The van der Waals surface area contributed by atoms with E-state index in [9.17, 15) is 0 Å². The summed E-state index contributed by atoms with van der Waals surface area (Å²) < 4.78 is 10.8. The number of aryl methyl sites for hydroxylation is 1. The van der Waals surface area contributed by atoms with E-state index in [1.807, 2.05) is 13.0 Å². The minimum atomic E-state index is -0.0181. The standard InChI is InChI=1S/C9H12N2O2/c1-7-4-8(11-6-10-7)9-5-12-2-3-13-9/h4,6,9H,2-3,5H2,1H3/t9-/m1/s1. The van der Waals surface area contributed by atoms with Gasteiger partial charge in [0.25, 0.3) is 0 Å². The van der Waals surface area contributed by atoms with Crippen LogP contribution in [0.15, 0.2) is 12.4 Å². The molecular formula is C9H12N2O2.